The molecule has 1 aromatic carbocycles. The van der Waals surface area contributed by atoms with Gasteiger partial charge < -0.3 is 5.11 Å². The van der Waals surface area contributed by atoms with Gasteiger partial charge in [-0.15, -0.1) is 0 Å². The second kappa shape index (κ2) is 4.70. The Labute approximate surface area is 109 Å². The van der Waals surface area contributed by atoms with E-state index in [1.165, 1.54) is 18.2 Å². The largest absolute Gasteiger partial charge is 0.478 e. The molecule has 0 radical (unpaired) electrons. The van der Waals surface area contributed by atoms with Crippen molar-refractivity contribution in [3.63, 3.8) is 0 Å². The van der Waals surface area contributed by atoms with Crippen LogP contribution in [0.1, 0.15) is 10.4 Å². The molecule has 2 aromatic rings. The number of anilines is 1. The van der Waals surface area contributed by atoms with Crippen molar-refractivity contribution in [2.24, 2.45) is 0 Å². The monoisotopic (exact) mass is 308 g/mol. The fraction of sp³-hybridized carbons (Fsp3) is 0.111. The summed E-state index contributed by atoms with van der Waals surface area (Å²) in [5.41, 5.74) is 0.321. The number of aromatic nitrogens is 1. The van der Waals surface area contributed by atoms with Crippen LogP contribution in [-0.2, 0) is 10.0 Å². The summed E-state index contributed by atoms with van der Waals surface area (Å²) < 4.78 is 48.3. The van der Waals surface area contributed by atoms with E-state index in [9.17, 15) is 22.0 Å². The Morgan fingerprint density at radius 1 is 1.42 bits per heavy atom. The smallest absolute Gasteiger partial charge is 0.355 e. The first-order valence-electron chi connectivity index (χ1n) is 4.73. The van der Waals surface area contributed by atoms with Crippen LogP contribution in [0.2, 0.25) is 0 Å². The summed E-state index contributed by atoms with van der Waals surface area (Å²) in [7, 11) is -4.78. The normalized spacial score (nSPS) is 11.9. The first-order chi connectivity index (χ1) is 8.79. The predicted octanol–water partition coefficient (Wildman–Crippen LogP) is 1.96. The fourth-order valence-corrected chi connectivity index (χ4v) is 2.92. The molecule has 6 nitrogen and oxygen atoms in total. The van der Waals surface area contributed by atoms with Gasteiger partial charge in [0.15, 0.2) is 5.13 Å². The van der Waals surface area contributed by atoms with Crippen LogP contribution in [-0.4, -0.2) is 30.2 Å². The van der Waals surface area contributed by atoms with Crippen LogP contribution in [0.15, 0.2) is 18.2 Å². The summed E-state index contributed by atoms with van der Waals surface area (Å²) in [6.07, 6.45) is 0. The molecule has 0 aliphatic heterocycles. The van der Waals surface area contributed by atoms with E-state index in [0.29, 0.717) is 10.2 Å². The number of nitrogens with zero attached hydrogens (tertiary/aromatic N) is 1. The van der Waals surface area contributed by atoms with Crippen molar-refractivity contribution in [2.45, 2.75) is 5.76 Å². The molecule has 0 saturated heterocycles. The fourth-order valence-electron chi connectivity index (χ4n) is 1.27. The minimum absolute atomic E-state index is 0.000540. The number of carboxylic acid groups (broad SMARTS) is 1. The number of benzene rings is 1. The van der Waals surface area contributed by atoms with Gasteiger partial charge in [0.2, 0.25) is 0 Å². The highest BCUT2D eigenvalue weighted by atomic mass is 32.2. The molecule has 0 fully saturated rings. The minimum atomic E-state index is -4.78. The van der Waals surface area contributed by atoms with Crippen molar-refractivity contribution in [3.8, 4) is 0 Å². The zero-order chi connectivity index (χ0) is 14.2. The third-order valence-electron chi connectivity index (χ3n) is 2.10. The second-order valence-electron chi connectivity index (χ2n) is 3.41. The molecular weight excluding hydrogens is 302 g/mol. The van der Waals surface area contributed by atoms with Crippen molar-refractivity contribution in [2.75, 3.05) is 4.72 Å². The number of alkyl halides is 2. The first-order valence-corrected chi connectivity index (χ1v) is 7.09. The molecule has 0 amide bonds. The Morgan fingerprint density at radius 2 is 2.11 bits per heavy atom. The lowest BCUT2D eigenvalue weighted by molar-refractivity contribution is 0.0697. The zero-order valence-electron chi connectivity index (χ0n) is 9.00. The Bertz CT molecular complexity index is 742. The Morgan fingerprint density at radius 3 is 2.68 bits per heavy atom. The molecule has 0 aliphatic rings. The number of rotatable bonds is 4. The highest BCUT2D eigenvalue weighted by Gasteiger charge is 2.25. The molecule has 1 heterocycles. The van der Waals surface area contributed by atoms with Gasteiger partial charge in [-0.05, 0) is 18.2 Å². The number of halogens is 2. The molecule has 2 N–H and O–H groups in total. The molecule has 0 saturated carbocycles. The van der Waals surface area contributed by atoms with Crippen LogP contribution in [0.4, 0.5) is 13.9 Å². The van der Waals surface area contributed by atoms with E-state index in [1.807, 2.05) is 0 Å². The lowest BCUT2D eigenvalue weighted by Crippen LogP contribution is -2.20. The highest BCUT2D eigenvalue weighted by Crippen LogP contribution is 2.28. The molecule has 0 aliphatic carbocycles. The molecule has 0 unspecified atom stereocenters. The highest BCUT2D eigenvalue weighted by molar-refractivity contribution is 7.93. The lowest BCUT2D eigenvalue weighted by Gasteiger charge is -2.01. The van der Waals surface area contributed by atoms with Gasteiger partial charge in [-0.1, -0.05) is 11.3 Å². The molecular formula is C9H6F2N2O4S2. The summed E-state index contributed by atoms with van der Waals surface area (Å²) in [5.74, 6) is -4.71. The van der Waals surface area contributed by atoms with Crippen LogP contribution in [0.25, 0.3) is 10.2 Å². The van der Waals surface area contributed by atoms with Gasteiger partial charge in [0.05, 0.1) is 15.8 Å². The summed E-state index contributed by atoms with van der Waals surface area (Å²) in [4.78, 5) is 14.5. The van der Waals surface area contributed by atoms with Crippen LogP contribution < -0.4 is 4.72 Å². The summed E-state index contributed by atoms with van der Waals surface area (Å²) >= 11 is 0.775. The van der Waals surface area contributed by atoms with E-state index in [2.05, 4.69) is 4.98 Å². The number of aromatic carboxylic acids is 1. The average molecular weight is 308 g/mol. The van der Waals surface area contributed by atoms with Crippen molar-refractivity contribution < 1.29 is 27.1 Å². The number of fused-ring (bicyclic) bond motifs is 1. The molecule has 102 valence electrons. The maximum absolute atomic E-state index is 12.2. The van der Waals surface area contributed by atoms with Gasteiger partial charge >= 0.3 is 11.7 Å². The van der Waals surface area contributed by atoms with Gasteiger partial charge in [0, 0.05) is 0 Å². The van der Waals surface area contributed by atoms with Gasteiger partial charge in [0.1, 0.15) is 0 Å². The van der Waals surface area contributed by atoms with Crippen molar-refractivity contribution >= 4 is 42.7 Å². The van der Waals surface area contributed by atoms with E-state index >= 15 is 0 Å². The third-order valence-corrected chi connectivity index (χ3v) is 4.11. The number of nitrogens with one attached hydrogen (secondary N) is 1. The quantitative estimate of drug-likeness (QED) is 0.900. The summed E-state index contributed by atoms with van der Waals surface area (Å²) in [6, 6.07) is 3.95. The number of sulfonamides is 1. The van der Waals surface area contributed by atoms with E-state index in [-0.39, 0.29) is 10.7 Å². The molecule has 0 spiro atoms. The predicted molar refractivity (Wildman–Crippen MR) is 65.1 cm³/mol. The number of carbonyl (C=O) groups is 1. The van der Waals surface area contributed by atoms with E-state index < -0.39 is 21.8 Å². The van der Waals surface area contributed by atoms with E-state index in [1.54, 1.807) is 4.72 Å². The molecule has 19 heavy (non-hydrogen) atoms. The Balaban J connectivity index is 2.40. The maximum Gasteiger partial charge on any atom is 0.355 e. The van der Waals surface area contributed by atoms with Crippen molar-refractivity contribution in [3.05, 3.63) is 23.8 Å². The summed E-state index contributed by atoms with van der Waals surface area (Å²) in [5, 5.41) is 8.55. The van der Waals surface area contributed by atoms with Crippen molar-refractivity contribution in [1.82, 2.24) is 4.98 Å². The van der Waals surface area contributed by atoms with Crippen LogP contribution in [0.5, 0.6) is 0 Å². The molecule has 0 bridgehead atoms. The van der Waals surface area contributed by atoms with Crippen LogP contribution in [0, 0.1) is 0 Å². The number of hydrogen-bond donors (Lipinski definition) is 2. The Hall–Kier alpha value is -1.81. The van der Waals surface area contributed by atoms with Gasteiger partial charge in [0.25, 0.3) is 10.0 Å². The Kier molecular flexibility index (Phi) is 3.37. The van der Waals surface area contributed by atoms with Gasteiger partial charge in [-0.3, -0.25) is 4.72 Å². The van der Waals surface area contributed by atoms with E-state index in [0.717, 1.165) is 11.3 Å². The van der Waals surface area contributed by atoms with Crippen LogP contribution >= 0.6 is 11.3 Å². The molecule has 0 atom stereocenters. The van der Waals surface area contributed by atoms with Crippen molar-refractivity contribution in [1.29, 1.82) is 0 Å². The molecule has 2 rings (SSSR count). The SMILES string of the molecule is O=C(O)c1ccc2nc(NS(=O)(=O)C(F)F)sc2c1. The van der Waals surface area contributed by atoms with Gasteiger partial charge in [-0.25, -0.2) is 18.2 Å². The topological polar surface area (TPSA) is 96.4 Å². The lowest BCUT2D eigenvalue weighted by atomic mass is 10.2. The standard InChI is InChI=1S/C9H6F2N2O4S2/c10-8(11)19(16,17)13-9-12-5-2-1-4(7(14)15)3-6(5)18-9/h1-3,8H,(H,12,13)(H,14,15). The number of carboxylic acids is 1. The third kappa shape index (κ3) is 2.79. The maximum atomic E-state index is 12.2. The number of thiazole rings is 1. The first kappa shape index (κ1) is 13.6. The van der Waals surface area contributed by atoms with E-state index in [4.69, 9.17) is 5.11 Å². The minimum Gasteiger partial charge on any atom is -0.478 e. The summed E-state index contributed by atoms with van der Waals surface area (Å²) in [6.45, 7) is 0. The second-order valence-corrected chi connectivity index (χ2v) is 6.10. The molecule has 1 aromatic heterocycles. The zero-order valence-corrected chi connectivity index (χ0v) is 10.6. The molecule has 10 heteroatoms. The average Bonchev–Trinajstić information content (AvgIpc) is 2.68. The van der Waals surface area contributed by atoms with Gasteiger partial charge in [-0.2, -0.15) is 8.78 Å². The van der Waals surface area contributed by atoms with Crippen LogP contribution in [0.3, 0.4) is 0 Å². The number of hydrogen-bond acceptors (Lipinski definition) is 5.